The Bertz CT molecular complexity index is 272. The van der Waals surface area contributed by atoms with Crippen molar-refractivity contribution < 1.29 is 29.3 Å². The Morgan fingerprint density at radius 1 is 1.25 bits per heavy atom. The van der Waals surface area contributed by atoms with Gasteiger partial charge in [-0.05, 0) is 19.3 Å². The summed E-state index contributed by atoms with van der Waals surface area (Å²) in [6, 6.07) is 0. The number of carbonyl (C=O) groups excluding carboxylic acids is 2. The van der Waals surface area contributed by atoms with Crippen molar-refractivity contribution in [3.63, 3.8) is 0 Å². The average molecular weight is 232 g/mol. The van der Waals surface area contributed by atoms with E-state index in [1.165, 1.54) is 0 Å². The Morgan fingerprint density at radius 2 is 1.81 bits per heavy atom. The van der Waals surface area contributed by atoms with Crippen LogP contribution in [0.3, 0.4) is 0 Å². The first-order chi connectivity index (χ1) is 7.45. The maximum atomic E-state index is 11.3. The molecule has 1 aliphatic rings. The van der Waals surface area contributed by atoms with E-state index in [2.05, 4.69) is 4.74 Å². The van der Waals surface area contributed by atoms with E-state index in [1.54, 1.807) is 6.92 Å². The quantitative estimate of drug-likeness (QED) is 0.490. The van der Waals surface area contributed by atoms with Gasteiger partial charge in [0.25, 0.3) is 0 Å². The zero-order chi connectivity index (χ0) is 12.2. The van der Waals surface area contributed by atoms with Gasteiger partial charge < -0.3 is 19.7 Å². The van der Waals surface area contributed by atoms with Gasteiger partial charge in [-0.2, -0.15) is 0 Å². The number of carbonyl (C=O) groups is 2. The van der Waals surface area contributed by atoms with E-state index in [9.17, 15) is 19.8 Å². The summed E-state index contributed by atoms with van der Waals surface area (Å²) >= 11 is 0. The number of rotatable bonds is 1. The van der Waals surface area contributed by atoms with Gasteiger partial charge in [0.05, 0.1) is 0 Å². The molecule has 6 heteroatoms. The van der Waals surface area contributed by atoms with Crippen LogP contribution < -0.4 is 0 Å². The summed E-state index contributed by atoms with van der Waals surface area (Å²) in [5.74, 6) is -3.96. The van der Waals surface area contributed by atoms with Gasteiger partial charge in [0.2, 0.25) is 0 Å². The van der Waals surface area contributed by atoms with Gasteiger partial charge in [-0.25, -0.2) is 0 Å². The summed E-state index contributed by atoms with van der Waals surface area (Å²) in [5.41, 5.74) is 0. The van der Waals surface area contributed by atoms with Crippen molar-refractivity contribution in [1.29, 1.82) is 0 Å². The molecule has 92 valence electrons. The Kier molecular flexibility index (Phi) is 4.26. The summed E-state index contributed by atoms with van der Waals surface area (Å²) in [6.07, 6.45) is 0.107. The third-order valence-electron chi connectivity index (χ3n) is 2.34. The molecular formula is C10H16O6. The summed E-state index contributed by atoms with van der Waals surface area (Å²) in [4.78, 5) is 22.4. The fourth-order valence-corrected chi connectivity index (χ4v) is 1.47. The SMILES string of the molecule is CCC1OC(=O)CCCCC(=O)OC1(O)O. The van der Waals surface area contributed by atoms with E-state index in [1.807, 2.05) is 0 Å². The highest BCUT2D eigenvalue weighted by Gasteiger charge is 2.41. The van der Waals surface area contributed by atoms with Crippen LogP contribution >= 0.6 is 0 Å². The molecule has 0 radical (unpaired) electrons. The maximum absolute atomic E-state index is 11.3. The topological polar surface area (TPSA) is 93.1 Å². The van der Waals surface area contributed by atoms with Crippen LogP contribution in [0.4, 0.5) is 0 Å². The highest BCUT2D eigenvalue weighted by Crippen LogP contribution is 2.20. The predicted octanol–water partition coefficient (Wildman–Crippen LogP) is 0.0638. The molecule has 0 amide bonds. The van der Waals surface area contributed by atoms with Gasteiger partial charge in [-0.15, -0.1) is 0 Å². The molecule has 0 aromatic rings. The average Bonchev–Trinajstić information content (AvgIpc) is 2.19. The monoisotopic (exact) mass is 232 g/mol. The van der Waals surface area contributed by atoms with Crippen LogP contribution in [0.1, 0.15) is 39.0 Å². The van der Waals surface area contributed by atoms with Crippen molar-refractivity contribution in [2.75, 3.05) is 0 Å². The smallest absolute Gasteiger partial charge is 0.363 e. The second kappa shape index (κ2) is 5.27. The van der Waals surface area contributed by atoms with Crippen molar-refractivity contribution in [2.24, 2.45) is 0 Å². The molecular weight excluding hydrogens is 216 g/mol. The zero-order valence-corrected chi connectivity index (χ0v) is 9.14. The first kappa shape index (κ1) is 12.9. The third kappa shape index (κ3) is 3.46. The summed E-state index contributed by atoms with van der Waals surface area (Å²) in [6.45, 7) is 1.60. The van der Waals surface area contributed by atoms with Crippen molar-refractivity contribution in [2.45, 2.75) is 51.1 Å². The minimum atomic E-state index is -2.74. The molecule has 0 bridgehead atoms. The minimum Gasteiger partial charge on any atom is -0.452 e. The number of cyclic esters (lactones) is 2. The lowest BCUT2D eigenvalue weighted by Gasteiger charge is -2.29. The summed E-state index contributed by atoms with van der Waals surface area (Å²) < 4.78 is 9.28. The number of esters is 2. The number of hydrogen-bond acceptors (Lipinski definition) is 6. The first-order valence-corrected chi connectivity index (χ1v) is 5.31. The highest BCUT2D eigenvalue weighted by atomic mass is 16.8. The lowest BCUT2D eigenvalue weighted by atomic mass is 10.1. The largest absolute Gasteiger partial charge is 0.452 e. The third-order valence-corrected chi connectivity index (χ3v) is 2.34. The summed E-state index contributed by atoms with van der Waals surface area (Å²) in [5, 5.41) is 19.0. The van der Waals surface area contributed by atoms with E-state index < -0.39 is 24.0 Å². The van der Waals surface area contributed by atoms with Gasteiger partial charge in [0, 0.05) is 12.8 Å². The lowest BCUT2D eigenvalue weighted by molar-refractivity contribution is -0.359. The van der Waals surface area contributed by atoms with E-state index in [0.29, 0.717) is 12.8 Å². The molecule has 1 heterocycles. The van der Waals surface area contributed by atoms with Gasteiger partial charge in [-0.3, -0.25) is 9.59 Å². The molecule has 1 unspecified atom stereocenters. The molecule has 0 spiro atoms. The van der Waals surface area contributed by atoms with Crippen LogP contribution in [-0.2, 0) is 19.1 Å². The molecule has 6 nitrogen and oxygen atoms in total. The highest BCUT2D eigenvalue weighted by molar-refractivity contribution is 5.71. The van der Waals surface area contributed by atoms with Crippen LogP contribution in [0.25, 0.3) is 0 Å². The van der Waals surface area contributed by atoms with Gasteiger partial charge >= 0.3 is 17.9 Å². The Balaban J connectivity index is 2.77. The molecule has 0 aromatic carbocycles. The number of hydrogen-bond donors (Lipinski definition) is 2. The van der Waals surface area contributed by atoms with E-state index in [-0.39, 0.29) is 19.3 Å². The number of ether oxygens (including phenoxy) is 2. The lowest BCUT2D eigenvalue weighted by Crippen LogP contribution is -2.48. The first-order valence-electron chi connectivity index (χ1n) is 5.31. The predicted molar refractivity (Wildman–Crippen MR) is 51.9 cm³/mol. The molecule has 0 aliphatic carbocycles. The van der Waals surface area contributed by atoms with Gasteiger partial charge in [-0.1, -0.05) is 6.92 Å². The number of aliphatic hydroxyl groups is 2. The molecule has 2 N–H and O–H groups in total. The zero-order valence-electron chi connectivity index (χ0n) is 9.14. The second-order valence-corrected chi connectivity index (χ2v) is 3.73. The van der Waals surface area contributed by atoms with Gasteiger partial charge in [0.15, 0.2) is 6.10 Å². The molecule has 0 aromatic heterocycles. The van der Waals surface area contributed by atoms with Gasteiger partial charge in [0.1, 0.15) is 0 Å². The van der Waals surface area contributed by atoms with E-state index in [4.69, 9.17) is 4.74 Å². The standard InChI is InChI=1S/C10H16O6/c1-2-7-10(13,14)16-9(12)6-4-3-5-8(11)15-7/h7,13-14H,2-6H2,1H3. The second-order valence-electron chi connectivity index (χ2n) is 3.73. The minimum absolute atomic E-state index is 0.0621. The molecule has 1 fully saturated rings. The fourth-order valence-electron chi connectivity index (χ4n) is 1.47. The van der Waals surface area contributed by atoms with Crippen molar-refractivity contribution >= 4 is 11.9 Å². The van der Waals surface area contributed by atoms with Crippen LogP contribution in [0.2, 0.25) is 0 Å². The summed E-state index contributed by atoms with van der Waals surface area (Å²) in [7, 11) is 0. The molecule has 1 atom stereocenters. The maximum Gasteiger partial charge on any atom is 0.363 e. The Labute approximate surface area is 93.2 Å². The van der Waals surface area contributed by atoms with Crippen molar-refractivity contribution in [3.05, 3.63) is 0 Å². The van der Waals surface area contributed by atoms with Crippen LogP contribution in [0, 0.1) is 0 Å². The molecule has 1 aliphatic heterocycles. The van der Waals surface area contributed by atoms with E-state index >= 15 is 0 Å². The molecule has 1 rings (SSSR count). The van der Waals surface area contributed by atoms with Crippen LogP contribution in [-0.4, -0.2) is 34.2 Å². The Hall–Kier alpha value is -1.14. The fraction of sp³-hybridized carbons (Fsp3) is 0.800. The van der Waals surface area contributed by atoms with Crippen molar-refractivity contribution in [3.8, 4) is 0 Å². The van der Waals surface area contributed by atoms with Crippen molar-refractivity contribution in [1.82, 2.24) is 0 Å². The molecule has 1 saturated heterocycles. The van der Waals surface area contributed by atoms with Crippen LogP contribution in [0.15, 0.2) is 0 Å². The van der Waals surface area contributed by atoms with Crippen LogP contribution in [0.5, 0.6) is 0 Å². The molecule has 16 heavy (non-hydrogen) atoms. The Morgan fingerprint density at radius 3 is 2.38 bits per heavy atom. The normalized spacial score (nSPS) is 26.8. The van der Waals surface area contributed by atoms with E-state index in [0.717, 1.165) is 0 Å². The molecule has 0 saturated carbocycles.